The summed E-state index contributed by atoms with van der Waals surface area (Å²) in [5.74, 6) is 1.02. The summed E-state index contributed by atoms with van der Waals surface area (Å²) in [6, 6.07) is 6.33. The molecule has 25 heavy (non-hydrogen) atoms. The van der Waals surface area contributed by atoms with Crippen LogP contribution in [0.5, 0.6) is 0 Å². The summed E-state index contributed by atoms with van der Waals surface area (Å²) in [4.78, 5) is 12.2. The Morgan fingerprint density at radius 2 is 2.20 bits per heavy atom. The Morgan fingerprint density at radius 3 is 3.00 bits per heavy atom. The first-order valence-corrected chi connectivity index (χ1v) is 9.46. The fraction of sp³-hybridized carbons (Fsp3) is 0.650. The van der Waals surface area contributed by atoms with Crippen molar-refractivity contribution in [3.05, 3.63) is 34.9 Å². The largest absolute Gasteiger partial charge is 0.389 e. The Bertz CT molecular complexity index is 603. The summed E-state index contributed by atoms with van der Waals surface area (Å²) in [6.45, 7) is 5.19. The minimum absolute atomic E-state index is 0.0763. The Balaban J connectivity index is 1.47. The SMILES string of the molecule is CC(C)COCC(O)CNC(=O)NC1CC2CCCc3cccc1c32. The molecule has 3 atom stereocenters. The van der Waals surface area contributed by atoms with Crippen molar-refractivity contribution in [3.8, 4) is 0 Å². The highest BCUT2D eigenvalue weighted by molar-refractivity contribution is 5.74. The van der Waals surface area contributed by atoms with Gasteiger partial charge in [0.05, 0.1) is 18.8 Å². The van der Waals surface area contributed by atoms with Crippen LogP contribution in [0.4, 0.5) is 4.79 Å². The van der Waals surface area contributed by atoms with Crippen LogP contribution >= 0.6 is 0 Å². The molecule has 2 aliphatic carbocycles. The van der Waals surface area contributed by atoms with E-state index in [0.717, 1.165) is 12.8 Å². The van der Waals surface area contributed by atoms with E-state index in [1.807, 2.05) is 0 Å². The van der Waals surface area contributed by atoms with Crippen molar-refractivity contribution in [2.24, 2.45) is 5.92 Å². The number of carbonyl (C=O) groups is 1. The number of benzene rings is 1. The first-order valence-electron chi connectivity index (χ1n) is 9.46. The molecule has 0 saturated carbocycles. The zero-order valence-electron chi connectivity index (χ0n) is 15.3. The van der Waals surface area contributed by atoms with Gasteiger partial charge in [-0.3, -0.25) is 0 Å². The van der Waals surface area contributed by atoms with Crippen LogP contribution in [-0.4, -0.2) is 37.0 Å². The highest BCUT2D eigenvalue weighted by Crippen LogP contribution is 2.47. The Labute approximate surface area is 150 Å². The molecule has 2 amide bonds. The second kappa shape index (κ2) is 8.19. The summed E-state index contributed by atoms with van der Waals surface area (Å²) >= 11 is 0. The second-order valence-electron chi connectivity index (χ2n) is 7.74. The number of hydrogen-bond acceptors (Lipinski definition) is 3. The topological polar surface area (TPSA) is 70.6 Å². The molecule has 0 aromatic heterocycles. The lowest BCUT2D eigenvalue weighted by atomic mass is 9.84. The number of aryl methyl sites for hydroxylation is 1. The van der Waals surface area contributed by atoms with Crippen molar-refractivity contribution < 1.29 is 14.6 Å². The van der Waals surface area contributed by atoms with Gasteiger partial charge < -0.3 is 20.5 Å². The van der Waals surface area contributed by atoms with Gasteiger partial charge in [-0.05, 0) is 54.2 Å². The lowest BCUT2D eigenvalue weighted by Crippen LogP contribution is -2.42. The zero-order chi connectivity index (χ0) is 17.8. The molecule has 1 aromatic carbocycles. The molecule has 2 aliphatic rings. The van der Waals surface area contributed by atoms with Crippen LogP contribution in [0.15, 0.2) is 18.2 Å². The Morgan fingerprint density at radius 1 is 1.36 bits per heavy atom. The molecular formula is C20H30N2O3. The van der Waals surface area contributed by atoms with Crippen LogP contribution < -0.4 is 10.6 Å². The molecule has 0 spiro atoms. The van der Waals surface area contributed by atoms with Gasteiger partial charge in [0.1, 0.15) is 0 Å². The van der Waals surface area contributed by atoms with E-state index >= 15 is 0 Å². The monoisotopic (exact) mass is 346 g/mol. The Hall–Kier alpha value is -1.59. The van der Waals surface area contributed by atoms with Crippen molar-refractivity contribution in [1.82, 2.24) is 10.6 Å². The van der Waals surface area contributed by atoms with Crippen LogP contribution in [0.25, 0.3) is 0 Å². The minimum Gasteiger partial charge on any atom is -0.389 e. The van der Waals surface area contributed by atoms with E-state index in [9.17, 15) is 9.90 Å². The molecule has 1 aromatic rings. The van der Waals surface area contributed by atoms with E-state index < -0.39 is 6.10 Å². The van der Waals surface area contributed by atoms with Crippen molar-refractivity contribution in [3.63, 3.8) is 0 Å². The van der Waals surface area contributed by atoms with Gasteiger partial charge in [0.15, 0.2) is 0 Å². The number of nitrogens with one attached hydrogen (secondary N) is 2. The third kappa shape index (κ3) is 4.53. The fourth-order valence-corrected chi connectivity index (χ4v) is 4.04. The molecule has 0 saturated heterocycles. The number of urea groups is 1. The molecule has 3 rings (SSSR count). The summed E-state index contributed by atoms with van der Waals surface area (Å²) < 4.78 is 5.40. The number of aliphatic hydroxyl groups excluding tert-OH is 1. The number of rotatable bonds is 7. The molecule has 0 radical (unpaired) electrons. The number of ether oxygens (including phenoxy) is 1. The van der Waals surface area contributed by atoms with Gasteiger partial charge in [0.2, 0.25) is 0 Å². The molecule has 0 fully saturated rings. The lowest BCUT2D eigenvalue weighted by Gasteiger charge is -2.20. The smallest absolute Gasteiger partial charge is 0.315 e. The molecule has 0 bridgehead atoms. The zero-order valence-corrected chi connectivity index (χ0v) is 15.3. The molecule has 3 unspecified atom stereocenters. The summed E-state index contributed by atoms with van der Waals surface area (Å²) in [7, 11) is 0. The maximum Gasteiger partial charge on any atom is 0.315 e. The van der Waals surface area contributed by atoms with Crippen LogP contribution in [-0.2, 0) is 11.2 Å². The van der Waals surface area contributed by atoms with Crippen LogP contribution in [0, 0.1) is 5.92 Å². The highest BCUT2D eigenvalue weighted by Gasteiger charge is 2.35. The van der Waals surface area contributed by atoms with Crippen LogP contribution in [0.2, 0.25) is 0 Å². The average molecular weight is 346 g/mol. The fourth-order valence-electron chi connectivity index (χ4n) is 4.04. The molecule has 5 heteroatoms. The van der Waals surface area contributed by atoms with Crippen molar-refractivity contribution in [2.75, 3.05) is 19.8 Å². The van der Waals surface area contributed by atoms with E-state index in [0.29, 0.717) is 18.4 Å². The number of aliphatic hydroxyl groups is 1. The normalized spacial score (nSPS) is 22.6. The first kappa shape index (κ1) is 18.2. The standard InChI is InChI=1S/C20H30N2O3/c1-13(2)11-25-12-16(23)10-21-20(24)22-18-9-15-7-3-5-14-6-4-8-17(18)19(14)15/h4,6,8,13,15-16,18,23H,3,5,7,9-12H2,1-2H3,(H2,21,22,24). The summed E-state index contributed by atoms with van der Waals surface area (Å²) in [5, 5.41) is 15.7. The van der Waals surface area contributed by atoms with Gasteiger partial charge in [-0.2, -0.15) is 0 Å². The van der Waals surface area contributed by atoms with Gasteiger partial charge in [0.25, 0.3) is 0 Å². The molecule has 0 heterocycles. The average Bonchev–Trinajstić information content (AvgIpc) is 2.93. The van der Waals surface area contributed by atoms with E-state index in [-0.39, 0.29) is 25.2 Å². The van der Waals surface area contributed by atoms with Crippen LogP contribution in [0.1, 0.15) is 61.8 Å². The number of amides is 2. The van der Waals surface area contributed by atoms with Crippen molar-refractivity contribution >= 4 is 6.03 Å². The third-order valence-electron chi connectivity index (χ3n) is 5.10. The molecule has 138 valence electrons. The predicted molar refractivity (Wildman–Crippen MR) is 97.7 cm³/mol. The maximum atomic E-state index is 12.2. The molecule has 0 aliphatic heterocycles. The van der Waals surface area contributed by atoms with E-state index in [4.69, 9.17) is 4.74 Å². The van der Waals surface area contributed by atoms with Crippen LogP contribution in [0.3, 0.4) is 0 Å². The predicted octanol–water partition coefficient (Wildman–Crippen LogP) is 2.88. The van der Waals surface area contributed by atoms with Crippen molar-refractivity contribution in [2.45, 2.75) is 57.6 Å². The van der Waals surface area contributed by atoms with Gasteiger partial charge in [-0.1, -0.05) is 32.0 Å². The first-order chi connectivity index (χ1) is 12.0. The number of hydrogen-bond donors (Lipinski definition) is 3. The summed E-state index contributed by atoms with van der Waals surface area (Å²) in [5.41, 5.74) is 4.20. The quantitative estimate of drug-likeness (QED) is 0.711. The maximum absolute atomic E-state index is 12.2. The Kier molecular flexibility index (Phi) is 5.97. The van der Waals surface area contributed by atoms with Crippen molar-refractivity contribution in [1.29, 1.82) is 0 Å². The van der Waals surface area contributed by atoms with Gasteiger partial charge in [-0.25, -0.2) is 4.79 Å². The molecule has 3 N–H and O–H groups in total. The van der Waals surface area contributed by atoms with Gasteiger partial charge in [-0.15, -0.1) is 0 Å². The second-order valence-corrected chi connectivity index (χ2v) is 7.74. The third-order valence-corrected chi connectivity index (χ3v) is 5.10. The highest BCUT2D eigenvalue weighted by atomic mass is 16.5. The summed E-state index contributed by atoms with van der Waals surface area (Å²) in [6.07, 6.45) is 3.92. The number of carbonyl (C=O) groups excluding carboxylic acids is 1. The molecular weight excluding hydrogens is 316 g/mol. The van der Waals surface area contributed by atoms with E-state index in [2.05, 4.69) is 42.7 Å². The van der Waals surface area contributed by atoms with Gasteiger partial charge in [0, 0.05) is 13.2 Å². The minimum atomic E-state index is -0.679. The van der Waals surface area contributed by atoms with E-state index in [1.165, 1.54) is 29.5 Å². The molecule has 5 nitrogen and oxygen atoms in total. The van der Waals surface area contributed by atoms with Gasteiger partial charge >= 0.3 is 6.03 Å². The lowest BCUT2D eigenvalue weighted by molar-refractivity contribution is 0.0272. The van der Waals surface area contributed by atoms with E-state index in [1.54, 1.807) is 0 Å².